The first kappa shape index (κ1) is 9.46. The fourth-order valence-corrected chi connectivity index (χ4v) is 3.04. The minimum Gasteiger partial charge on any atom is -0.396 e. The van der Waals surface area contributed by atoms with Crippen molar-refractivity contribution in [3.05, 3.63) is 21.3 Å². The topological polar surface area (TPSA) is 32.3 Å². The summed E-state index contributed by atoms with van der Waals surface area (Å²) in [5.74, 6) is 0.803. The average molecular weight is 218 g/mol. The van der Waals surface area contributed by atoms with E-state index in [1.165, 1.54) is 4.88 Å². The van der Waals surface area contributed by atoms with Gasteiger partial charge >= 0.3 is 0 Å². The first-order chi connectivity index (χ1) is 6.31. The number of nitrogens with one attached hydrogen (secondary N) is 1. The number of hydrogen-bond donors (Lipinski definition) is 2. The van der Waals surface area contributed by atoms with Crippen molar-refractivity contribution in [1.29, 1.82) is 0 Å². The van der Waals surface area contributed by atoms with Gasteiger partial charge in [0.2, 0.25) is 0 Å². The van der Waals surface area contributed by atoms with Crippen molar-refractivity contribution >= 4 is 22.9 Å². The third kappa shape index (κ3) is 1.89. The normalized spacial score (nSPS) is 28.2. The van der Waals surface area contributed by atoms with Crippen LogP contribution in [-0.2, 0) is 0 Å². The Bertz CT molecular complexity index is 289. The molecular formula is C9H12ClNOS. The molecule has 1 aromatic rings. The van der Waals surface area contributed by atoms with E-state index in [1.54, 1.807) is 11.3 Å². The first-order valence-corrected chi connectivity index (χ1v) is 5.57. The van der Waals surface area contributed by atoms with E-state index in [1.807, 2.05) is 6.07 Å². The number of rotatable bonds is 2. The van der Waals surface area contributed by atoms with Crippen LogP contribution in [0.4, 0.5) is 0 Å². The molecule has 0 saturated carbocycles. The lowest BCUT2D eigenvalue weighted by molar-refractivity contribution is 0.227. The van der Waals surface area contributed by atoms with Crippen LogP contribution in [0.25, 0.3) is 0 Å². The van der Waals surface area contributed by atoms with Crippen molar-refractivity contribution in [1.82, 2.24) is 5.32 Å². The molecule has 2 rings (SSSR count). The summed E-state index contributed by atoms with van der Waals surface area (Å²) >= 11 is 7.48. The van der Waals surface area contributed by atoms with E-state index in [-0.39, 0.29) is 6.61 Å². The average Bonchev–Trinajstić information content (AvgIpc) is 2.71. The van der Waals surface area contributed by atoms with Crippen LogP contribution >= 0.6 is 22.9 Å². The summed E-state index contributed by atoms with van der Waals surface area (Å²) in [7, 11) is 0. The molecule has 2 nitrogen and oxygen atoms in total. The van der Waals surface area contributed by atoms with Crippen LogP contribution in [0.5, 0.6) is 0 Å². The zero-order chi connectivity index (χ0) is 9.26. The fraction of sp³-hybridized carbons (Fsp3) is 0.556. The van der Waals surface area contributed by atoms with Gasteiger partial charge in [-0.05, 0) is 12.1 Å². The standard InChI is InChI=1S/C9H12ClNOS/c10-9-2-1-8(13-9)7-4-11-3-6(7)5-12/h1-2,6-7,11-12H,3-5H2/t6-,7-/m1/s1. The minimum atomic E-state index is 0.257. The predicted octanol–water partition coefficient (Wildman–Crippen LogP) is 1.70. The maximum Gasteiger partial charge on any atom is 0.0931 e. The second kappa shape index (κ2) is 3.96. The lowest BCUT2D eigenvalue weighted by Gasteiger charge is -2.13. The summed E-state index contributed by atoms with van der Waals surface area (Å²) in [6.45, 7) is 2.13. The predicted molar refractivity (Wildman–Crippen MR) is 55.5 cm³/mol. The molecule has 0 spiro atoms. The molecule has 2 N–H and O–H groups in total. The molecule has 1 fully saturated rings. The summed E-state index contributed by atoms with van der Waals surface area (Å²) in [5.41, 5.74) is 0. The van der Waals surface area contributed by atoms with Gasteiger partial charge in [-0.25, -0.2) is 0 Å². The van der Waals surface area contributed by atoms with Gasteiger partial charge in [0, 0.05) is 36.4 Å². The molecule has 1 aliphatic heterocycles. The molecule has 4 heteroatoms. The Morgan fingerprint density at radius 1 is 1.54 bits per heavy atom. The van der Waals surface area contributed by atoms with Gasteiger partial charge < -0.3 is 10.4 Å². The molecule has 0 radical (unpaired) electrons. The van der Waals surface area contributed by atoms with E-state index in [2.05, 4.69) is 11.4 Å². The highest BCUT2D eigenvalue weighted by Crippen LogP contribution is 2.34. The molecule has 13 heavy (non-hydrogen) atoms. The Hall–Kier alpha value is -0.0900. The molecule has 1 saturated heterocycles. The smallest absolute Gasteiger partial charge is 0.0931 e. The Morgan fingerprint density at radius 2 is 2.38 bits per heavy atom. The van der Waals surface area contributed by atoms with Gasteiger partial charge in [-0.3, -0.25) is 0 Å². The van der Waals surface area contributed by atoms with E-state index < -0.39 is 0 Å². The van der Waals surface area contributed by atoms with E-state index in [4.69, 9.17) is 16.7 Å². The molecule has 1 aliphatic rings. The molecular weight excluding hydrogens is 206 g/mol. The molecule has 0 amide bonds. The van der Waals surface area contributed by atoms with Crippen molar-refractivity contribution in [3.63, 3.8) is 0 Å². The van der Waals surface area contributed by atoms with Gasteiger partial charge in [0.25, 0.3) is 0 Å². The van der Waals surface area contributed by atoms with Crippen molar-refractivity contribution in [2.75, 3.05) is 19.7 Å². The summed E-state index contributed by atoms with van der Waals surface area (Å²) in [5, 5.41) is 12.4. The van der Waals surface area contributed by atoms with Crippen LogP contribution in [0.1, 0.15) is 10.8 Å². The van der Waals surface area contributed by atoms with Gasteiger partial charge in [0.15, 0.2) is 0 Å². The van der Waals surface area contributed by atoms with Gasteiger partial charge in [-0.2, -0.15) is 0 Å². The van der Waals surface area contributed by atoms with Crippen molar-refractivity contribution < 1.29 is 5.11 Å². The Morgan fingerprint density at radius 3 is 3.00 bits per heavy atom. The molecule has 0 unspecified atom stereocenters. The maximum atomic E-state index is 9.14. The number of aliphatic hydroxyl groups excluding tert-OH is 1. The van der Waals surface area contributed by atoms with E-state index in [9.17, 15) is 0 Å². The zero-order valence-electron chi connectivity index (χ0n) is 7.16. The molecule has 0 bridgehead atoms. The van der Waals surface area contributed by atoms with Gasteiger partial charge in [0.05, 0.1) is 4.34 Å². The van der Waals surface area contributed by atoms with Crippen molar-refractivity contribution in [2.45, 2.75) is 5.92 Å². The molecule has 0 aromatic carbocycles. The minimum absolute atomic E-state index is 0.257. The fourth-order valence-electron chi connectivity index (χ4n) is 1.79. The number of hydrogen-bond acceptors (Lipinski definition) is 3. The summed E-state index contributed by atoms with van der Waals surface area (Å²) in [6, 6.07) is 3.99. The number of thiophene rings is 1. The first-order valence-electron chi connectivity index (χ1n) is 4.38. The summed E-state index contributed by atoms with van der Waals surface area (Å²) in [6.07, 6.45) is 0. The Labute approximate surface area is 86.5 Å². The van der Waals surface area contributed by atoms with Gasteiger partial charge in [-0.1, -0.05) is 11.6 Å². The monoisotopic (exact) mass is 217 g/mol. The van der Waals surface area contributed by atoms with Crippen LogP contribution in [0.3, 0.4) is 0 Å². The van der Waals surface area contributed by atoms with Crippen LogP contribution in [0.2, 0.25) is 4.34 Å². The van der Waals surface area contributed by atoms with Crippen LogP contribution in [0.15, 0.2) is 12.1 Å². The molecule has 2 atom stereocenters. The SMILES string of the molecule is OC[C@H]1CNC[C@H]1c1ccc(Cl)s1. The largest absolute Gasteiger partial charge is 0.396 e. The van der Waals surface area contributed by atoms with Gasteiger partial charge in [-0.15, -0.1) is 11.3 Å². The number of halogens is 1. The Balaban J connectivity index is 2.15. The van der Waals surface area contributed by atoms with Crippen LogP contribution in [0, 0.1) is 5.92 Å². The third-order valence-electron chi connectivity index (χ3n) is 2.53. The zero-order valence-corrected chi connectivity index (χ0v) is 8.74. The second-order valence-electron chi connectivity index (χ2n) is 3.35. The Kier molecular flexibility index (Phi) is 2.89. The van der Waals surface area contributed by atoms with Crippen LogP contribution in [-0.4, -0.2) is 24.8 Å². The van der Waals surface area contributed by atoms with Crippen molar-refractivity contribution in [3.8, 4) is 0 Å². The highest BCUT2D eigenvalue weighted by molar-refractivity contribution is 7.16. The van der Waals surface area contributed by atoms with E-state index >= 15 is 0 Å². The molecule has 72 valence electrons. The maximum absolute atomic E-state index is 9.14. The highest BCUT2D eigenvalue weighted by atomic mass is 35.5. The van der Waals surface area contributed by atoms with E-state index in [0.717, 1.165) is 17.4 Å². The third-order valence-corrected chi connectivity index (χ3v) is 3.90. The lowest BCUT2D eigenvalue weighted by Crippen LogP contribution is -2.14. The molecule has 2 heterocycles. The highest BCUT2D eigenvalue weighted by Gasteiger charge is 2.28. The van der Waals surface area contributed by atoms with Gasteiger partial charge in [0.1, 0.15) is 0 Å². The summed E-state index contributed by atoms with van der Waals surface area (Å²) < 4.78 is 0.832. The number of aliphatic hydroxyl groups is 1. The van der Waals surface area contributed by atoms with Crippen molar-refractivity contribution in [2.24, 2.45) is 5.92 Å². The van der Waals surface area contributed by atoms with E-state index in [0.29, 0.717) is 11.8 Å². The quantitative estimate of drug-likeness (QED) is 0.791. The van der Waals surface area contributed by atoms with Crippen LogP contribution < -0.4 is 5.32 Å². The lowest BCUT2D eigenvalue weighted by atomic mass is 9.95. The molecule has 0 aliphatic carbocycles. The summed E-state index contributed by atoms with van der Waals surface area (Å²) in [4.78, 5) is 1.29. The second-order valence-corrected chi connectivity index (χ2v) is 5.10. The molecule has 1 aromatic heterocycles.